The molecule has 2 fully saturated rings. The van der Waals surface area contributed by atoms with Gasteiger partial charge in [0.25, 0.3) is 0 Å². The van der Waals surface area contributed by atoms with Gasteiger partial charge in [-0.3, -0.25) is 0 Å². The lowest BCUT2D eigenvalue weighted by atomic mass is 9.77. The minimum absolute atomic E-state index is 0.523. The molecular weight excluding hydrogens is 293 g/mol. The van der Waals surface area contributed by atoms with Gasteiger partial charge in [-0.1, -0.05) is 29.3 Å². The van der Waals surface area contributed by atoms with Crippen LogP contribution in [0.5, 0.6) is 0 Å². The van der Waals surface area contributed by atoms with Crippen molar-refractivity contribution in [3.05, 3.63) is 33.8 Å². The van der Waals surface area contributed by atoms with E-state index in [-0.39, 0.29) is 0 Å². The summed E-state index contributed by atoms with van der Waals surface area (Å²) in [4.78, 5) is 0. The normalized spacial score (nSPS) is 32.5. The van der Waals surface area contributed by atoms with Gasteiger partial charge in [-0.25, -0.2) is 0 Å². The Labute approximate surface area is 130 Å². The summed E-state index contributed by atoms with van der Waals surface area (Å²) < 4.78 is 5.73. The molecule has 0 aromatic heterocycles. The largest absolute Gasteiger partial charge is 0.381 e. The summed E-state index contributed by atoms with van der Waals surface area (Å²) in [5, 5.41) is 5.03. The standard InChI is InChI=1S/C16H21Cl2NO/c1-2-20-9-13-12(8-11-4-6-16(13)19-11)10-3-5-14(17)15(18)7-10/h3,5,7,11-13,16,19H,2,4,6,8-9H2,1H3/t11-,12?,13?,16+/m0/s1. The van der Waals surface area contributed by atoms with Crippen molar-refractivity contribution in [3.8, 4) is 0 Å². The molecule has 2 unspecified atom stereocenters. The maximum atomic E-state index is 6.19. The number of hydrogen-bond acceptors (Lipinski definition) is 2. The van der Waals surface area contributed by atoms with Gasteiger partial charge in [-0.05, 0) is 49.8 Å². The average molecular weight is 314 g/mol. The molecule has 20 heavy (non-hydrogen) atoms. The quantitative estimate of drug-likeness (QED) is 0.897. The number of hydrogen-bond donors (Lipinski definition) is 1. The molecule has 110 valence electrons. The molecule has 0 aliphatic carbocycles. The zero-order valence-corrected chi connectivity index (χ0v) is 13.3. The number of nitrogens with one attached hydrogen (secondary N) is 1. The molecule has 0 amide bonds. The molecule has 2 aliphatic rings. The Morgan fingerprint density at radius 2 is 2.10 bits per heavy atom. The summed E-state index contributed by atoms with van der Waals surface area (Å²) in [7, 11) is 0. The lowest BCUT2D eigenvalue weighted by Gasteiger charge is -2.38. The van der Waals surface area contributed by atoms with E-state index in [4.69, 9.17) is 27.9 Å². The number of piperidine rings is 1. The number of ether oxygens (including phenoxy) is 1. The SMILES string of the molecule is CCOCC1C(c2ccc(Cl)c(Cl)c2)C[C@@H]2CC[C@H]1N2. The number of benzene rings is 1. The summed E-state index contributed by atoms with van der Waals surface area (Å²) in [5.41, 5.74) is 1.31. The molecule has 2 nitrogen and oxygen atoms in total. The van der Waals surface area contributed by atoms with E-state index in [2.05, 4.69) is 18.3 Å². The summed E-state index contributed by atoms with van der Waals surface area (Å²) in [6, 6.07) is 7.32. The van der Waals surface area contributed by atoms with Gasteiger partial charge < -0.3 is 10.1 Å². The van der Waals surface area contributed by atoms with Crippen molar-refractivity contribution in [1.29, 1.82) is 0 Å². The van der Waals surface area contributed by atoms with E-state index in [0.717, 1.165) is 13.2 Å². The molecule has 2 heterocycles. The Hall–Kier alpha value is -0.280. The first-order valence-corrected chi connectivity index (χ1v) is 8.23. The predicted molar refractivity (Wildman–Crippen MR) is 83.7 cm³/mol. The minimum atomic E-state index is 0.523. The van der Waals surface area contributed by atoms with E-state index in [1.807, 2.05) is 12.1 Å². The van der Waals surface area contributed by atoms with E-state index >= 15 is 0 Å². The number of rotatable bonds is 4. The molecular formula is C16H21Cl2NO. The number of fused-ring (bicyclic) bond motifs is 2. The van der Waals surface area contributed by atoms with Crippen LogP contribution < -0.4 is 5.32 Å². The van der Waals surface area contributed by atoms with Gasteiger partial charge in [0.1, 0.15) is 0 Å². The fraction of sp³-hybridized carbons (Fsp3) is 0.625. The summed E-state index contributed by atoms with van der Waals surface area (Å²) >= 11 is 12.2. The second kappa shape index (κ2) is 6.23. The highest BCUT2D eigenvalue weighted by Crippen LogP contribution is 2.42. The van der Waals surface area contributed by atoms with Crippen LogP contribution in [0.3, 0.4) is 0 Å². The maximum absolute atomic E-state index is 6.19. The Morgan fingerprint density at radius 3 is 2.85 bits per heavy atom. The molecule has 2 bridgehead atoms. The highest BCUT2D eigenvalue weighted by molar-refractivity contribution is 6.42. The van der Waals surface area contributed by atoms with E-state index in [9.17, 15) is 0 Å². The minimum Gasteiger partial charge on any atom is -0.381 e. The monoisotopic (exact) mass is 313 g/mol. The fourth-order valence-corrected chi connectivity index (χ4v) is 4.05. The Kier molecular flexibility index (Phi) is 4.56. The molecule has 4 heteroatoms. The fourth-order valence-electron chi connectivity index (χ4n) is 3.75. The second-order valence-corrected chi connectivity index (χ2v) is 6.70. The summed E-state index contributed by atoms with van der Waals surface area (Å²) in [6.07, 6.45) is 3.72. The van der Waals surface area contributed by atoms with Gasteiger partial charge in [0, 0.05) is 24.6 Å². The first kappa shape index (κ1) is 14.6. The molecule has 4 atom stereocenters. The van der Waals surface area contributed by atoms with Gasteiger partial charge in [-0.15, -0.1) is 0 Å². The highest BCUT2D eigenvalue weighted by atomic mass is 35.5. The maximum Gasteiger partial charge on any atom is 0.0595 e. The van der Waals surface area contributed by atoms with Gasteiger partial charge in [0.2, 0.25) is 0 Å². The van der Waals surface area contributed by atoms with Crippen molar-refractivity contribution in [2.75, 3.05) is 13.2 Å². The van der Waals surface area contributed by atoms with Gasteiger partial charge in [-0.2, -0.15) is 0 Å². The number of halogens is 2. The Bertz CT molecular complexity index is 480. The zero-order valence-electron chi connectivity index (χ0n) is 11.7. The zero-order chi connectivity index (χ0) is 14.1. The van der Waals surface area contributed by atoms with Crippen LogP contribution in [0.4, 0.5) is 0 Å². The van der Waals surface area contributed by atoms with Crippen molar-refractivity contribution in [2.45, 2.75) is 44.2 Å². The van der Waals surface area contributed by atoms with Crippen molar-refractivity contribution >= 4 is 23.2 Å². The third-order valence-electron chi connectivity index (χ3n) is 4.73. The van der Waals surface area contributed by atoms with Crippen LogP contribution in [-0.2, 0) is 4.74 Å². The molecule has 0 spiro atoms. The van der Waals surface area contributed by atoms with E-state index in [1.54, 1.807) is 0 Å². The van der Waals surface area contributed by atoms with Gasteiger partial charge in [0.05, 0.1) is 16.7 Å². The van der Waals surface area contributed by atoms with E-state index in [0.29, 0.717) is 34.0 Å². The average Bonchev–Trinajstić information content (AvgIpc) is 2.83. The summed E-state index contributed by atoms with van der Waals surface area (Å²) in [5.74, 6) is 1.06. The Balaban J connectivity index is 1.85. The molecule has 0 saturated carbocycles. The molecule has 1 aromatic rings. The van der Waals surface area contributed by atoms with Crippen molar-refractivity contribution < 1.29 is 4.74 Å². The van der Waals surface area contributed by atoms with Crippen LogP contribution in [0.2, 0.25) is 10.0 Å². The van der Waals surface area contributed by atoms with Crippen LogP contribution in [0, 0.1) is 5.92 Å². The van der Waals surface area contributed by atoms with Crippen LogP contribution in [0.25, 0.3) is 0 Å². The smallest absolute Gasteiger partial charge is 0.0595 e. The molecule has 0 radical (unpaired) electrons. The van der Waals surface area contributed by atoms with Crippen molar-refractivity contribution in [2.24, 2.45) is 5.92 Å². The predicted octanol–water partition coefficient (Wildman–Crippen LogP) is 4.25. The van der Waals surface area contributed by atoms with E-state index < -0.39 is 0 Å². The van der Waals surface area contributed by atoms with Crippen molar-refractivity contribution in [1.82, 2.24) is 5.32 Å². The molecule has 2 saturated heterocycles. The van der Waals surface area contributed by atoms with Gasteiger partial charge in [0.15, 0.2) is 0 Å². The molecule has 1 N–H and O–H groups in total. The third kappa shape index (κ3) is 2.85. The first-order chi connectivity index (χ1) is 9.69. The van der Waals surface area contributed by atoms with Gasteiger partial charge >= 0.3 is 0 Å². The van der Waals surface area contributed by atoms with Crippen molar-refractivity contribution in [3.63, 3.8) is 0 Å². The highest BCUT2D eigenvalue weighted by Gasteiger charge is 2.42. The third-order valence-corrected chi connectivity index (χ3v) is 5.47. The van der Waals surface area contributed by atoms with Crippen LogP contribution in [0.1, 0.15) is 37.7 Å². The molecule has 2 aliphatic heterocycles. The van der Waals surface area contributed by atoms with Crippen LogP contribution in [-0.4, -0.2) is 25.3 Å². The lowest BCUT2D eigenvalue weighted by molar-refractivity contribution is 0.0723. The van der Waals surface area contributed by atoms with E-state index in [1.165, 1.54) is 24.8 Å². The topological polar surface area (TPSA) is 21.3 Å². The summed E-state index contributed by atoms with van der Waals surface area (Å²) in [6.45, 7) is 3.66. The van der Waals surface area contributed by atoms with Crippen LogP contribution in [0.15, 0.2) is 18.2 Å². The molecule has 1 aromatic carbocycles. The molecule has 3 rings (SSSR count). The second-order valence-electron chi connectivity index (χ2n) is 5.89. The van der Waals surface area contributed by atoms with Crippen LogP contribution >= 0.6 is 23.2 Å². The first-order valence-electron chi connectivity index (χ1n) is 7.47. The lowest BCUT2D eigenvalue weighted by Crippen LogP contribution is -2.46. The Morgan fingerprint density at radius 1 is 1.25 bits per heavy atom.